The lowest BCUT2D eigenvalue weighted by molar-refractivity contribution is 0.894. The van der Waals surface area contributed by atoms with Crippen LogP contribution in [0.4, 0.5) is 5.82 Å². The van der Waals surface area contributed by atoms with Crippen LogP contribution in [-0.4, -0.2) is 9.78 Å². The molecule has 0 aliphatic carbocycles. The van der Waals surface area contributed by atoms with Crippen LogP contribution in [-0.2, 0) is 0 Å². The van der Waals surface area contributed by atoms with Crippen molar-refractivity contribution < 1.29 is 0 Å². The average molecular weight is 298 g/mol. The largest absolute Gasteiger partial charge is 0.384 e. The minimum atomic E-state index is 0.589. The highest BCUT2D eigenvalue weighted by Gasteiger charge is 2.10. The van der Waals surface area contributed by atoms with E-state index in [9.17, 15) is 0 Å². The molecule has 2 N–H and O–H groups in total. The molecule has 0 unspecified atom stereocenters. The molecule has 4 heteroatoms. The van der Waals surface area contributed by atoms with Crippen LogP contribution in [0.3, 0.4) is 0 Å². The molecule has 0 atom stereocenters. The Labute approximate surface area is 129 Å². The van der Waals surface area contributed by atoms with Crippen molar-refractivity contribution in [3.8, 4) is 16.9 Å². The molecule has 3 nitrogen and oxygen atoms in total. The van der Waals surface area contributed by atoms with E-state index in [4.69, 9.17) is 17.3 Å². The Bertz CT molecular complexity index is 806. The van der Waals surface area contributed by atoms with Gasteiger partial charge < -0.3 is 5.73 Å². The van der Waals surface area contributed by atoms with Gasteiger partial charge in [0.1, 0.15) is 5.82 Å². The number of aryl methyl sites for hydroxylation is 2. The maximum atomic E-state index is 6.18. The van der Waals surface area contributed by atoms with E-state index in [0.717, 1.165) is 22.5 Å². The van der Waals surface area contributed by atoms with Crippen LogP contribution >= 0.6 is 11.6 Å². The van der Waals surface area contributed by atoms with Crippen LogP contribution < -0.4 is 5.73 Å². The van der Waals surface area contributed by atoms with Gasteiger partial charge in [-0.05, 0) is 37.6 Å². The lowest BCUT2D eigenvalue weighted by Crippen LogP contribution is -2.01. The molecule has 0 saturated carbocycles. The van der Waals surface area contributed by atoms with Crippen molar-refractivity contribution in [1.82, 2.24) is 9.78 Å². The Hall–Kier alpha value is -2.26. The summed E-state index contributed by atoms with van der Waals surface area (Å²) in [5.74, 6) is 0.589. The van der Waals surface area contributed by atoms with Gasteiger partial charge >= 0.3 is 0 Å². The first kappa shape index (κ1) is 13.7. The van der Waals surface area contributed by atoms with Crippen LogP contribution in [0, 0.1) is 13.8 Å². The Balaban J connectivity index is 2.07. The van der Waals surface area contributed by atoms with Crippen LogP contribution in [0.25, 0.3) is 16.9 Å². The first-order chi connectivity index (χ1) is 10.0. The molecule has 1 heterocycles. The zero-order valence-electron chi connectivity index (χ0n) is 12.0. The van der Waals surface area contributed by atoms with Crippen molar-refractivity contribution in [2.45, 2.75) is 13.8 Å². The topological polar surface area (TPSA) is 43.8 Å². The number of anilines is 1. The Kier molecular flexibility index (Phi) is 3.43. The summed E-state index contributed by atoms with van der Waals surface area (Å²) in [6.07, 6.45) is 0. The summed E-state index contributed by atoms with van der Waals surface area (Å²) in [5.41, 5.74) is 11.1. The van der Waals surface area contributed by atoms with Gasteiger partial charge in [0.2, 0.25) is 0 Å². The van der Waals surface area contributed by atoms with Gasteiger partial charge in [0.25, 0.3) is 0 Å². The number of hydrogen-bond donors (Lipinski definition) is 1. The number of benzene rings is 2. The number of rotatable bonds is 2. The first-order valence-electron chi connectivity index (χ1n) is 6.74. The van der Waals surface area contributed by atoms with Gasteiger partial charge in [0, 0.05) is 16.7 Å². The zero-order valence-corrected chi connectivity index (χ0v) is 12.7. The van der Waals surface area contributed by atoms with E-state index in [1.165, 1.54) is 5.56 Å². The standard InChI is InChI=1S/C17H16ClN3/c1-11-4-3-5-13(8-11)16-10-17(19)21(20-16)14-7-6-12(2)15(18)9-14/h3-10H,19H2,1-2H3. The number of aromatic nitrogens is 2. The Morgan fingerprint density at radius 3 is 2.57 bits per heavy atom. The van der Waals surface area contributed by atoms with Crippen LogP contribution in [0.1, 0.15) is 11.1 Å². The fourth-order valence-electron chi connectivity index (χ4n) is 2.26. The highest BCUT2D eigenvalue weighted by atomic mass is 35.5. The average Bonchev–Trinajstić information content (AvgIpc) is 2.84. The van der Waals surface area contributed by atoms with Crippen molar-refractivity contribution in [2.24, 2.45) is 0 Å². The van der Waals surface area contributed by atoms with Crippen molar-refractivity contribution in [1.29, 1.82) is 0 Å². The van der Waals surface area contributed by atoms with Crippen molar-refractivity contribution >= 4 is 17.4 Å². The summed E-state index contributed by atoms with van der Waals surface area (Å²) in [6.45, 7) is 4.03. The summed E-state index contributed by atoms with van der Waals surface area (Å²) >= 11 is 6.18. The molecule has 2 aromatic carbocycles. The van der Waals surface area contributed by atoms with E-state index in [1.807, 2.05) is 43.3 Å². The molecular formula is C17H16ClN3. The van der Waals surface area contributed by atoms with Gasteiger partial charge in [-0.1, -0.05) is 41.4 Å². The third-order valence-corrected chi connectivity index (χ3v) is 3.86. The molecule has 1 aromatic heterocycles. The van der Waals surface area contributed by atoms with Crippen molar-refractivity contribution in [3.05, 3.63) is 64.7 Å². The fraction of sp³-hybridized carbons (Fsp3) is 0.118. The number of nitrogen functional groups attached to an aromatic ring is 1. The minimum Gasteiger partial charge on any atom is -0.384 e. The first-order valence-corrected chi connectivity index (χ1v) is 7.11. The predicted molar refractivity (Wildman–Crippen MR) is 87.9 cm³/mol. The van der Waals surface area contributed by atoms with Gasteiger partial charge in [-0.2, -0.15) is 5.10 Å². The minimum absolute atomic E-state index is 0.589. The molecular weight excluding hydrogens is 282 g/mol. The fourth-order valence-corrected chi connectivity index (χ4v) is 2.44. The second-order valence-electron chi connectivity index (χ2n) is 5.17. The summed E-state index contributed by atoms with van der Waals surface area (Å²) < 4.78 is 1.71. The van der Waals surface area contributed by atoms with Crippen LogP contribution in [0.15, 0.2) is 48.5 Å². The Morgan fingerprint density at radius 1 is 1.05 bits per heavy atom. The summed E-state index contributed by atoms with van der Waals surface area (Å²) in [4.78, 5) is 0. The molecule has 106 valence electrons. The molecule has 0 fully saturated rings. The smallest absolute Gasteiger partial charge is 0.127 e. The molecule has 0 radical (unpaired) electrons. The normalized spacial score (nSPS) is 10.8. The van der Waals surface area contributed by atoms with Gasteiger partial charge in [-0.25, -0.2) is 4.68 Å². The molecule has 0 spiro atoms. The van der Waals surface area contributed by atoms with Crippen LogP contribution in [0.2, 0.25) is 5.02 Å². The third-order valence-electron chi connectivity index (χ3n) is 3.45. The quantitative estimate of drug-likeness (QED) is 0.762. The molecule has 0 bridgehead atoms. The number of nitrogens with two attached hydrogens (primary N) is 1. The summed E-state index contributed by atoms with van der Waals surface area (Å²) in [5, 5.41) is 5.30. The summed E-state index contributed by atoms with van der Waals surface area (Å²) in [6, 6.07) is 15.9. The zero-order chi connectivity index (χ0) is 15.0. The maximum Gasteiger partial charge on any atom is 0.127 e. The van der Waals surface area contributed by atoms with E-state index >= 15 is 0 Å². The third kappa shape index (κ3) is 2.65. The number of nitrogens with zero attached hydrogens (tertiary/aromatic N) is 2. The van der Waals surface area contributed by atoms with Gasteiger partial charge in [-0.15, -0.1) is 0 Å². The molecule has 0 amide bonds. The molecule has 0 aliphatic rings. The number of halogens is 1. The molecule has 3 aromatic rings. The van der Waals surface area contributed by atoms with Crippen molar-refractivity contribution in [2.75, 3.05) is 5.73 Å². The highest BCUT2D eigenvalue weighted by molar-refractivity contribution is 6.31. The molecule has 0 saturated heterocycles. The van der Waals surface area contributed by atoms with E-state index in [2.05, 4.69) is 24.2 Å². The Morgan fingerprint density at radius 2 is 1.86 bits per heavy atom. The van der Waals surface area contributed by atoms with E-state index < -0.39 is 0 Å². The van der Waals surface area contributed by atoms with Crippen molar-refractivity contribution in [3.63, 3.8) is 0 Å². The van der Waals surface area contributed by atoms with Gasteiger partial charge in [0.05, 0.1) is 11.4 Å². The predicted octanol–water partition coefficient (Wildman–Crippen LogP) is 4.39. The maximum absolute atomic E-state index is 6.18. The van der Waals surface area contributed by atoms with E-state index in [0.29, 0.717) is 10.8 Å². The second kappa shape index (κ2) is 5.26. The lowest BCUT2D eigenvalue weighted by atomic mass is 10.1. The number of hydrogen-bond acceptors (Lipinski definition) is 2. The molecule has 3 rings (SSSR count). The van der Waals surface area contributed by atoms with E-state index in [1.54, 1.807) is 4.68 Å². The SMILES string of the molecule is Cc1cccc(-c2cc(N)n(-c3ccc(C)c(Cl)c3)n2)c1. The van der Waals surface area contributed by atoms with Gasteiger partial charge in [0.15, 0.2) is 0 Å². The molecule has 0 aliphatic heterocycles. The second-order valence-corrected chi connectivity index (χ2v) is 5.58. The van der Waals surface area contributed by atoms with Crippen LogP contribution in [0.5, 0.6) is 0 Å². The summed E-state index contributed by atoms with van der Waals surface area (Å²) in [7, 11) is 0. The lowest BCUT2D eigenvalue weighted by Gasteiger charge is -2.06. The highest BCUT2D eigenvalue weighted by Crippen LogP contribution is 2.25. The molecule has 21 heavy (non-hydrogen) atoms. The van der Waals surface area contributed by atoms with Gasteiger partial charge in [-0.3, -0.25) is 0 Å². The van der Waals surface area contributed by atoms with E-state index in [-0.39, 0.29) is 0 Å². The monoisotopic (exact) mass is 297 g/mol.